The van der Waals surface area contributed by atoms with E-state index >= 15 is 0 Å². The fourth-order valence-corrected chi connectivity index (χ4v) is 3.78. The number of hydrogen-bond acceptors (Lipinski definition) is 2. The second-order valence-electron chi connectivity index (χ2n) is 7.59. The van der Waals surface area contributed by atoms with Gasteiger partial charge in [-0.3, -0.25) is 9.88 Å². The first-order chi connectivity index (χ1) is 13.9. The van der Waals surface area contributed by atoms with E-state index in [1.807, 2.05) is 13.0 Å². The third-order valence-electron chi connectivity index (χ3n) is 5.47. The Morgan fingerprint density at radius 3 is 2.62 bits per heavy atom. The highest BCUT2D eigenvalue weighted by Gasteiger charge is 2.30. The third-order valence-corrected chi connectivity index (χ3v) is 5.47. The molecule has 0 spiro atoms. The zero-order chi connectivity index (χ0) is 20.4. The molecule has 0 saturated heterocycles. The number of nitrogens with zero attached hydrogens (tertiary/aromatic N) is 2. The molecule has 29 heavy (non-hydrogen) atoms. The van der Waals surface area contributed by atoms with Gasteiger partial charge in [0.25, 0.3) is 0 Å². The summed E-state index contributed by atoms with van der Waals surface area (Å²) < 4.78 is 38.8. The lowest BCUT2D eigenvalue weighted by Gasteiger charge is -2.26. The van der Waals surface area contributed by atoms with Crippen molar-refractivity contribution in [3.05, 3.63) is 83.1 Å². The van der Waals surface area contributed by atoms with Gasteiger partial charge in [0.2, 0.25) is 0 Å². The lowest BCUT2D eigenvalue weighted by Crippen LogP contribution is -2.30. The molecule has 0 aliphatic carbocycles. The van der Waals surface area contributed by atoms with Gasteiger partial charge in [-0.1, -0.05) is 36.4 Å². The van der Waals surface area contributed by atoms with E-state index < -0.39 is 11.7 Å². The van der Waals surface area contributed by atoms with Crippen molar-refractivity contribution in [2.75, 3.05) is 19.6 Å². The molecule has 0 bridgehead atoms. The van der Waals surface area contributed by atoms with Crippen LogP contribution in [-0.4, -0.2) is 29.5 Å². The number of aryl methyl sites for hydroxylation is 1. The Kier molecular flexibility index (Phi) is 5.41. The first-order valence-electron chi connectivity index (χ1n) is 9.84. The topological polar surface area (TPSA) is 16.1 Å². The molecular weight excluding hydrogens is 373 g/mol. The van der Waals surface area contributed by atoms with Gasteiger partial charge in [0.05, 0.1) is 11.1 Å². The minimum atomic E-state index is -4.30. The number of benzene rings is 2. The maximum absolute atomic E-state index is 12.9. The first kappa shape index (κ1) is 19.6. The smallest absolute Gasteiger partial charge is 0.299 e. The van der Waals surface area contributed by atoms with Crippen molar-refractivity contribution >= 4 is 16.5 Å². The molecule has 2 nitrogen and oxygen atoms in total. The Labute approximate surface area is 168 Å². The summed E-state index contributed by atoms with van der Waals surface area (Å²) in [5, 5.41) is 1.14. The highest BCUT2D eigenvalue weighted by molar-refractivity contribution is 5.79. The Balaban J connectivity index is 1.39. The van der Waals surface area contributed by atoms with E-state index in [2.05, 4.69) is 40.2 Å². The molecule has 1 aliphatic rings. The van der Waals surface area contributed by atoms with Crippen LogP contribution < -0.4 is 0 Å². The quantitative estimate of drug-likeness (QED) is 0.546. The van der Waals surface area contributed by atoms with E-state index in [0.717, 1.165) is 60.7 Å². The summed E-state index contributed by atoms with van der Waals surface area (Å²) >= 11 is 0. The minimum absolute atomic E-state index is 0.585. The predicted octanol–water partition coefficient (Wildman–Crippen LogP) is 5.89. The van der Waals surface area contributed by atoms with Gasteiger partial charge in [0.1, 0.15) is 0 Å². The SMILES string of the molecule is Cc1ccc2ccc(CCN3CC=C(c4cccc(C(F)(F)F)c4)CC3)cc2n1. The molecule has 0 unspecified atom stereocenters. The maximum Gasteiger partial charge on any atom is 0.416 e. The second-order valence-corrected chi connectivity index (χ2v) is 7.59. The fourth-order valence-electron chi connectivity index (χ4n) is 3.78. The largest absolute Gasteiger partial charge is 0.416 e. The Bertz CT molecular complexity index is 1050. The van der Waals surface area contributed by atoms with Crippen molar-refractivity contribution in [2.24, 2.45) is 0 Å². The number of hydrogen-bond donors (Lipinski definition) is 0. The molecule has 0 amide bonds. The van der Waals surface area contributed by atoms with E-state index in [9.17, 15) is 13.2 Å². The van der Waals surface area contributed by atoms with Crippen molar-refractivity contribution in [3.8, 4) is 0 Å². The van der Waals surface area contributed by atoms with Crippen molar-refractivity contribution in [1.82, 2.24) is 9.88 Å². The second kappa shape index (κ2) is 7.99. The van der Waals surface area contributed by atoms with Crippen LogP contribution in [0.1, 0.15) is 28.8 Å². The zero-order valence-corrected chi connectivity index (χ0v) is 16.3. The van der Waals surface area contributed by atoms with Crippen LogP contribution >= 0.6 is 0 Å². The summed E-state index contributed by atoms with van der Waals surface area (Å²) in [7, 11) is 0. The van der Waals surface area contributed by atoms with Gasteiger partial charge in [0.15, 0.2) is 0 Å². The first-order valence-corrected chi connectivity index (χ1v) is 9.84. The number of fused-ring (bicyclic) bond motifs is 1. The molecule has 0 saturated carbocycles. The average Bonchev–Trinajstić information content (AvgIpc) is 2.72. The van der Waals surface area contributed by atoms with Crippen LogP contribution in [0.4, 0.5) is 13.2 Å². The Morgan fingerprint density at radius 2 is 1.86 bits per heavy atom. The number of alkyl halides is 3. The Morgan fingerprint density at radius 1 is 1.03 bits per heavy atom. The predicted molar refractivity (Wildman–Crippen MR) is 111 cm³/mol. The molecule has 2 aromatic carbocycles. The molecule has 2 heterocycles. The van der Waals surface area contributed by atoms with E-state index in [0.29, 0.717) is 5.56 Å². The van der Waals surface area contributed by atoms with Gasteiger partial charge in [-0.05, 0) is 60.7 Å². The van der Waals surface area contributed by atoms with Crippen molar-refractivity contribution in [2.45, 2.75) is 25.9 Å². The van der Waals surface area contributed by atoms with Crippen molar-refractivity contribution in [1.29, 1.82) is 0 Å². The van der Waals surface area contributed by atoms with Gasteiger partial charge in [-0.15, -0.1) is 0 Å². The summed E-state index contributed by atoms with van der Waals surface area (Å²) in [6.45, 7) is 4.53. The molecule has 1 aliphatic heterocycles. The van der Waals surface area contributed by atoms with Crippen LogP contribution in [-0.2, 0) is 12.6 Å². The summed E-state index contributed by atoms with van der Waals surface area (Å²) in [6.07, 6.45) is -0.549. The molecular formula is C24H23F3N2. The molecule has 0 radical (unpaired) electrons. The summed E-state index contributed by atoms with van der Waals surface area (Å²) in [4.78, 5) is 6.93. The molecule has 4 rings (SSSR count). The van der Waals surface area contributed by atoms with Gasteiger partial charge in [-0.25, -0.2) is 0 Å². The highest BCUT2D eigenvalue weighted by atomic mass is 19.4. The van der Waals surface area contributed by atoms with Gasteiger partial charge in [-0.2, -0.15) is 13.2 Å². The zero-order valence-electron chi connectivity index (χ0n) is 16.3. The average molecular weight is 396 g/mol. The highest BCUT2D eigenvalue weighted by Crippen LogP contribution is 2.32. The lowest BCUT2D eigenvalue weighted by atomic mass is 9.97. The van der Waals surface area contributed by atoms with Crippen LogP contribution in [0.2, 0.25) is 0 Å². The summed E-state index contributed by atoms with van der Waals surface area (Å²) in [5.41, 5.74) is 4.38. The minimum Gasteiger partial charge on any atom is -0.299 e. The molecule has 5 heteroatoms. The van der Waals surface area contributed by atoms with Crippen LogP contribution in [0.5, 0.6) is 0 Å². The van der Waals surface area contributed by atoms with Crippen LogP contribution in [0.25, 0.3) is 16.5 Å². The van der Waals surface area contributed by atoms with Gasteiger partial charge in [0, 0.05) is 30.7 Å². The number of aromatic nitrogens is 1. The third kappa shape index (κ3) is 4.67. The summed E-state index contributed by atoms with van der Waals surface area (Å²) in [5.74, 6) is 0. The van der Waals surface area contributed by atoms with Crippen LogP contribution in [0.15, 0.2) is 60.7 Å². The van der Waals surface area contributed by atoms with Crippen LogP contribution in [0.3, 0.4) is 0 Å². The normalized spacial score (nSPS) is 15.5. The molecule has 0 fully saturated rings. The molecule has 1 aromatic heterocycles. The fraction of sp³-hybridized carbons (Fsp3) is 0.292. The van der Waals surface area contributed by atoms with Crippen molar-refractivity contribution < 1.29 is 13.2 Å². The molecule has 3 aromatic rings. The van der Waals surface area contributed by atoms with Gasteiger partial charge >= 0.3 is 6.18 Å². The Hall–Kier alpha value is -2.66. The number of pyridine rings is 1. The summed E-state index contributed by atoms with van der Waals surface area (Å²) in [6, 6.07) is 16.1. The van der Waals surface area contributed by atoms with E-state index in [4.69, 9.17) is 0 Å². The number of halogens is 3. The van der Waals surface area contributed by atoms with E-state index in [1.54, 1.807) is 6.07 Å². The molecule has 0 atom stereocenters. The molecule has 150 valence electrons. The lowest BCUT2D eigenvalue weighted by molar-refractivity contribution is -0.137. The standard InChI is InChI=1S/C24H23F3N2/c1-17-5-7-20-8-6-18(15-23(20)28-17)9-12-29-13-10-19(11-14-29)21-3-2-4-22(16-21)24(25,26)27/h2-8,10,15-16H,9,11-14H2,1H3. The maximum atomic E-state index is 12.9. The van der Waals surface area contributed by atoms with Crippen LogP contribution in [0, 0.1) is 6.92 Å². The van der Waals surface area contributed by atoms with Crippen molar-refractivity contribution in [3.63, 3.8) is 0 Å². The van der Waals surface area contributed by atoms with Gasteiger partial charge < -0.3 is 0 Å². The number of rotatable bonds is 4. The van der Waals surface area contributed by atoms with E-state index in [1.165, 1.54) is 17.7 Å². The monoisotopic (exact) mass is 396 g/mol. The van der Waals surface area contributed by atoms with E-state index in [-0.39, 0.29) is 0 Å². The molecule has 0 N–H and O–H groups in total.